The highest BCUT2D eigenvalue weighted by Gasteiger charge is 2.18. The van der Waals surface area contributed by atoms with Gasteiger partial charge in [0.05, 0.1) is 17.3 Å². The number of nitrogens with zero attached hydrogens (tertiary/aromatic N) is 2. The fourth-order valence-electron chi connectivity index (χ4n) is 2.21. The third-order valence-electron chi connectivity index (χ3n) is 3.43. The number of aryl methyl sites for hydroxylation is 1. The van der Waals surface area contributed by atoms with Gasteiger partial charge in [0.2, 0.25) is 0 Å². The summed E-state index contributed by atoms with van der Waals surface area (Å²) in [4.78, 5) is 21.3. The van der Waals surface area contributed by atoms with E-state index < -0.39 is 0 Å². The molecule has 2 heterocycles. The smallest absolute Gasteiger partial charge is 0.350 e. The zero-order valence-electron chi connectivity index (χ0n) is 13.0. The lowest BCUT2D eigenvalue weighted by molar-refractivity contribution is 0.0514. The number of benzene rings is 1. The fourth-order valence-corrected chi connectivity index (χ4v) is 3.49. The maximum atomic E-state index is 12.3. The van der Waals surface area contributed by atoms with Gasteiger partial charge in [-0.2, -0.15) is 0 Å². The first-order valence-electron chi connectivity index (χ1n) is 7.43. The number of ether oxygens (including phenoxy) is 1. The minimum absolute atomic E-state index is 0.309. The molecular formula is C18H15ClN2O2S. The van der Waals surface area contributed by atoms with E-state index in [0.29, 0.717) is 28.6 Å². The Kier molecular flexibility index (Phi) is 5.23. The van der Waals surface area contributed by atoms with Gasteiger partial charge >= 0.3 is 5.97 Å². The van der Waals surface area contributed by atoms with E-state index in [1.807, 2.05) is 30.3 Å². The van der Waals surface area contributed by atoms with E-state index in [1.54, 1.807) is 25.4 Å². The Bertz CT molecular complexity index is 849. The van der Waals surface area contributed by atoms with Crippen LogP contribution in [0.4, 0.5) is 0 Å². The lowest BCUT2D eigenvalue weighted by atomic mass is 10.2. The molecule has 0 atom stereocenters. The van der Waals surface area contributed by atoms with Gasteiger partial charge in [-0.05, 0) is 24.6 Å². The fraction of sp³-hybridized carbons (Fsp3) is 0.167. The quantitative estimate of drug-likeness (QED) is 0.627. The van der Waals surface area contributed by atoms with Gasteiger partial charge in [-0.1, -0.05) is 35.9 Å². The summed E-state index contributed by atoms with van der Waals surface area (Å²) >= 11 is 7.49. The highest BCUT2D eigenvalue weighted by atomic mass is 35.5. The second kappa shape index (κ2) is 7.55. The van der Waals surface area contributed by atoms with Gasteiger partial charge in [0, 0.05) is 24.4 Å². The van der Waals surface area contributed by atoms with Crippen molar-refractivity contribution in [2.75, 3.05) is 6.61 Å². The van der Waals surface area contributed by atoms with Gasteiger partial charge in [0.15, 0.2) is 0 Å². The summed E-state index contributed by atoms with van der Waals surface area (Å²) in [5, 5.41) is 1.33. The molecule has 0 aliphatic heterocycles. The van der Waals surface area contributed by atoms with Crippen molar-refractivity contribution in [3.8, 4) is 10.6 Å². The van der Waals surface area contributed by atoms with Crippen LogP contribution in [0.5, 0.6) is 0 Å². The second-order valence-corrected chi connectivity index (χ2v) is 6.57. The van der Waals surface area contributed by atoms with Crippen molar-refractivity contribution in [3.05, 3.63) is 69.9 Å². The summed E-state index contributed by atoms with van der Waals surface area (Å²) in [5.41, 5.74) is 2.51. The molecule has 0 aliphatic carbocycles. The molecule has 0 aliphatic rings. The van der Waals surface area contributed by atoms with Crippen LogP contribution in [-0.2, 0) is 11.2 Å². The number of esters is 1. The molecule has 0 saturated heterocycles. The van der Waals surface area contributed by atoms with Gasteiger partial charge < -0.3 is 4.74 Å². The van der Waals surface area contributed by atoms with Crippen LogP contribution in [0.1, 0.15) is 20.9 Å². The maximum absolute atomic E-state index is 12.3. The first-order chi connectivity index (χ1) is 11.6. The lowest BCUT2D eigenvalue weighted by Gasteiger charge is -2.03. The zero-order valence-corrected chi connectivity index (χ0v) is 14.6. The molecule has 4 nitrogen and oxygen atoms in total. The minimum atomic E-state index is -0.354. The SMILES string of the molecule is Cc1nc(-c2ccccc2Cl)sc1C(=O)OCCc1cccnc1. The molecule has 0 fully saturated rings. The standard InChI is InChI=1S/C18H15ClN2O2S/c1-12-16(18(22)23-10-8-13-5-4-9-20-11-13)24-17(21-12)14-6-2-3-7-15(14)19/h2-7,9,11H,8,10H2,1H3. The molecule has 0 radical (unpaired) electrons. The Labute approximate surface area is 149 Å². The van der Waals surface area contributed by atoms with Crippen molar-refractivity contribution < 1.29 is 9.53 Å². The van der Waals surface area contributed by atoms with Crippen molar-refractivity contribution in [1.29, 1.82) is 0 Å². The molecule has 3 aromatic rings. The van der Waals surface area contributed by atoms with E-state index in [0.717, 1.165) is 16.1 Å². The number of halogens is 1. The summed E-state index contributed by atoms with van der Waals surface area (Å²) in [5.74, 6) is -0.354. The highest BCUT2D eigenvalue weighted by molar-refractivity contribution is 7.17. The Morgan fingerprint density at radius 3 is 2.83 bits per heavy atom. The first-order valence-corrected chi connectivity index (χ1v) is 8.63. The summed E-state index contributed by atoms with van der Waals surface area (Å²) in [6.45, 7) is 2.11. The summed E-state index contributed by atoms with van der Waals surface area (Å²) in [6.07, 6.45) is 4.11. The zero-order chi connectivity index (χ0) is 16.9. The Hall–Kier alpha value is -2.24. The third-order valence-corrected chi connectivity index (χ3v) is 4.93. The number of hydrogen-bond donors (Lipinski definition) is 0. The van der Waals surface area contributed by atoms with Crippen LogP contribution in [0.2, 0.25) is 5.02 Å². The summed E-state index contributed by atoms with van der Waals surface area (Å²) in [6, 6.07) is 11.3. The number of carbonyl (C=O) groups excluding carboxylic acids is 1. The number of pyridine rings is 1. The number of carbonyl (C=O) groups is 1. The van der Waals surface area contributed by atoms with Gasteiger partial charge in [-0.3, -0.25) is 4.98 Å². The number of thiazole rings is 1. The van der Waals surface area contributed by atoms with Gasteiger partial charge in [-0.15, -0.1) is 11.3 Å². The largest absolute Gasteiger partial charge is 0.461 e. The van der Waals surface area contributed by atoms with Crippen molar-refractivity contribution in [1.82, 2.24) is 9.97 Å². The predicted molar refractivity (Wildman–Crippen MR) is 95.5 cm³/mol. The van der Waals surface area contributed by atoms with E-state index in [1.165, 1.54) is 11.3 Å². The van der Waals surface area contributed by atoms with Gasteiger partial charge in [0.1, 0.15) is 9.88 Å². The Morgan fingerprint density at radius 1 is 1.25 bits per heavy atom. The summed E-state index contributed by atoms with van der Waals surface area (Å²) in [7, 11) is 0. The molecule has 0 bridgehead atoms. The Morgan fingerprint density at radius 2 is 2.08 bits per heavy atom. The topological polar surface area (TPSA) is 52.1 Å². The van der Waals surface area contributed by atoms with Crippen molar-refractivity contribution in [2.45, 2.75) is 13.3 Å². The van der Waals surface area contributed by atoms with Crippen molar-refractivity contribution in [2.24, 2.45) is 0 Å². The molecule has 0 N–H and O–H groups in total. The van der Waals surface area contributed by atoms with Crippen LogP contribution in [-0.4, -0.2) is 22.5 Å². The lowest BCUT2D eigenvalue weighted by Crippen LogP contribution is -2.08. The number of rotatable bonds is 5. The molecule has 122 valence electrons. The molecule has 1 aromatic carbocycles. The van der Waals surface area contributed by atoms with E-state index in [4.69, 9.17) is 16.3 Å². The van der Waals surface area contributed by atoms with Crippen LogP contribution in [0, 0.1) is 6.92 Å². The van der Waals surface area contributed by atoms with E-state index >= 15 is 0 Å². The van der Waals surface area contributed by atoms with Crippen LogP contribution < -0.4 is 0 Å². The average Bonchev–Trinajstić information content (AvgIpc) is 2.98. The molecule has 0 unspecified atom stereocenters. The Balaban J connectivity index is 1.68. The third kappa shape index (κ3) is 3.80. The number of aromatic nitrogens is 2. The van der Waals surface area contributed by atoms with Crippen LogP contribution >= 0.6 is 22.9 Å². The predicted octanol–water partition coefficient (Wildman–Crippen LogP) is 4.57. The van der Waals surface area contributed by atoms with Crippen molar-refractivity contribution >= 4 is 28.9 Å². The second-order valence-electron chi connectivity index (χ2n) is 5.16. The van der Waals surface area contributed by atoms with E-state index in [-0.39, 0.29) is 5.97 Å². The molecule has 0 spiro atoms. The summed E-state index contributed by atoms with van der Waals surface area (Å²) < 4.78 is 5.36. The molecule has 24 heavy (non-hydrogen) atoms. The molecule has 0 amide bonds. The monoisotopic (exact) mass is 358 g/mol. The van der Waals surface area contributed by atoms with Crippen LogP contribution in [0.15, 0.2) is 48.8 Å². The van der Waals surface area contributed by atoms with E-state index in [2.05, 4.69) is 9.97 Å². The molecule has 2 aromatic heterocycles. The minimum Gasteiger partial charge on any atom is -0.461 e. The van der Waals surface area contributed by atoms with Crippen molar-refractivity contribution in [3.63, 3.8) is 0 Å². The average molecular weight is 359 g/mol. The van der Waals surface area contributed by atoms with Crippen LogP contribution in [0.3, 0.4) is 0 Å². The highest BCUT2D eigenvalue weighted by Crippen LogP contribution is 2.32. The first kappa shape index (κ1) is 16.6. The van der Waals surface area contributed by atoms with Gasteiger partial charge in [-0.25, -0.2) is 9.78 Å². The number of hydrogen-bond acceptors (Lipinski definition) is 5. The van der Waals surface area contributed by atoms with Crippen LogP contribution in [0.25, 0.3) is 10.6 Å². The molecular weight excluding hydrogens is 344 g/mol. The van der Waals surface area contributed by atoms with Gasteiger partial charge in [0.25, 0.3) is 0 Å². The maximum Gasteiger partial charge on any atom is 0.350 e. The van der Waals surface area contributed by atoms with E-state index in [9.17, 15) is 4.79 Å². The normalized spacial score (nSPS) is 10.6. The molecule has 0 saturated carbocycles. The molecule has 6 heteroatoms. The molecule has 3 rings (SSSR count).